The van der Waals surface area contributed by atoms with E-state index in [1.165, 1.54) is 36.7 Å². The van der Waals surface area contributed by atoms with Gasteiger partial charge in [-0.05, 0) is 30.3 Å². The molecule has 3 rings (SSSR count). The third-order valence-electron chi connectivity index (χ3n) is 3.01. The average molecular weight is 321 g/mol. The highest BCUT2D eigenvalue weighted by Gasteiger charge is 2.25. The molecule has 8 heteroatoms. The highest BCUT2D eigenvalue weighted by atomic mass is 32.2. The molecule has 0 amide bonds. The second kappa shape index (κ2) is 5.30. The zero-order valence-corrected chi connectivity index (χ0v) is 11.8. The highest BCUT2D eigenvalue weighted by molar-refractivity contribution is 7.90. The third kappa shape index (κ3) is 2.27. The largest absolute Gasteiger partial charge is 0.269 e. The van der Waals surface area contributed by atoms with Gasteiger partial charge in [0.25, 0.3) is 10.0 Å². The summed E-state index contributed by atoms with van der Waals surface area (Å²) in [6.45, 7) is 0. The van der Waals surface area contributed by atoms with Crippen LogP contribution in [0.3, 0.4) is 0 Å². The summed E-state index contributed by atoms with van der Waals surface area (Å²) in [5.41, 5.74) is -0.646. The van der Waals surface area contributed by atoms with Crippen LogP contribution in [0.2, 0.25) is 0 Å². The lowest BCUT2D eigenvalue weighted by Gasteiger charge is -2.10. The van der Waals surface area contributed by atoms with Crippen molar-refractivity contribution < 1.29 is 17.2 Å². The van der Waals surface area contributed by atoms with Crippen LogP contribution in [0.1, 0.15) is 0 Å². The summed E-state index contributed by atoms with van der Waals surface area (Å²) in [5.74, 6) is -1.82. The number of hydrogen-bond donors (Lipinski definition) is 0. The van der Waals surface area contributed by atoms with E-state index in [4.69, 9.17) is 0 Å². The average Bonchev–Trinajstić information content (AvgIpc) is 2.91. The Balaban J connectivity index is 2.25. The van der Waals surface area contributed by atoms with Gasteiger partial charge in [-0.15, -0.1) is 0 Å². The monoisotopic (exact) mass is 321 g/mol. The zero-order chi connectivity index (χ0) is 15.7. The number of aromatic nitrogens is 3. The maximum Gasteiger partial charge on any atom is 0.269 e. The number of halogens is 2. The van der Waals surface area contributed by atoms with E-state index >= 15 is 0 Å². The number of nitrogens with zero attached hydrogens (tertiary/aromatic N) is 3. The standard InChI is InChI=1S/C14H9F2N3O2S/c15-12-5-8-19(13(12)11-4-2-7-18-14(11)16)22(20,21)10-3-1-6-17-9-10/h1-9H. The fraction of sp³-hybridized carbons (Fsp3) is 0. The van der Waals surface area contributed by atoms with Crippen molar-refractivity contribution >= 4 is 10.0 Å². The molecule has 0 atom stereocenters. The minimum Gasteiger partial charge on any atom is -0.263 e. The lowest BCUT2D eigenvalue weighted by Crippen LogP contribution is -2.14. The third-order valence-corrected chi connectivity index (χ3v) is 4.67. The van der Waals surface area contributed by atoms with Crippen LogP contribution >= 0.6 is 0 Å². The van der Waals surface area contributed by atoms with E-state index in [1.54, 1.807) is 0 Å². The van der Waals surface area contributed by atoms with Crippen LogP contribution in [-0.2, 0) is 10.0 Å². The van der Waals surface area contributed by atoms with E-state index in [0.717, 1.165) is 18.5 Å². The quantitative estimate of drug-likeness (QED) is 0.695. The van der Waals surface area contributed by atoms with E-state index in [0.29, 0.717) is 3.97 Å². The summed E-state index contributed by atoms with van der Waals surface area (Å²) in [4.78, 5) is 7.02. The molecule has 0 bridgehead atoms. The minimum atomic E-state index is -4.09. The topological polar surface area (TPSA) is 64.8 Å². The van der Waals surface area contributed by atoms with Gasteiger partial charge in [0.2, 0.25) is 5.95 Å². The van der Waals surface area contributed by atoms with Crippen molar-refractivity contribution in [3.63, 3.8) is 0 Å². The van der Waals surface area contributed by atoms with E-state index in [1.807, 2.05) is 0 Å². The van der Waals surface area contributed by atoms with Crippen LogP contribution in [0.15, 0.2) is 60.0 Å². The first kappa shape index (κ1) is 14.3. The van der Waals surface area contributed by atoms with Crippen LogP contribution in [-0.4, -0.2) is 22.4 Å². The molecule has 0 N–H and O–H groups in total. The van der Waals surface area contributed by atoms with Crippen LogP contribution < -0.4 is 0 Å². The Labute approximate surface area is 124 Å². The molecule has 0 unspecified atom stereocenters. The predicted octanol–water partition coefficient (Wildman–Crippen LogP) is 2.46. The minimum absolute atomic E-state index is 0.129. The van der Waals surface area contributed by atoms with Crippen LogP contribution in [0, 0.1) is 11.8 Å². The van der Waals surface area contributed by atoms with E-state index in [9.17, 15) is 17.2 Å². The van der Waals surface area contributed by atoms with Gasteiger partial charge in [-0.2, -0.15) is 4.39 Å². The number of pyridine rings is 2. The van der Waals surface area contributed by atoms with E-state index in [2.05, 4.69) is 9.97 Å². The first-order valence-corrected chi connectivity index (χ1v) is 7.59. The molecule has 22 heavy (non-hydrogen) atoms. The van der Waals surface area contributed by atoms with Crippen molar-refractivity contribution in [2.75, 3.05) is 0 Å². The summed E-state index contributed by atoms with van der Waals surface area (Å²) >= 11 is 0. The molecule has 0 saturated heterocycles. The smallest absolute Gasteiger partial charge is 0.263 e. The summed E-state index contributed by atoms with van der Waals surface area (Å²) in [6.07, 6.45) is 4.77. The number of rotatable bonds is 3. The van der Waals surface area contributed by atoms with Gasteiger partial charge in [0.1, 0.15) is 16.4 Å². The molecular formula is C14H9F2N3O2S. The molecule has 3 aromatic heterocycles. The summed E-state index contributed by atoms with van der Waals surface area (Å²) in [7, 11) is -4.09. The van der Waals surface area contributed by atoms with Gasteiger partial charge in [0, 0.05) is 24.8 Å². The van der Waals surface area contributed by atoms with Gasteiger partial charge >= 0.3 is 0 Å². The lowest BCUT2D eigenvalue weighted by atomic mass is 10.2. The molecule has 3 aromatic rings. The van der Waals surface area contributed by atoms with Gasteiger partial charge in [-0.1, -0.05) is 0 Å². The Morgan fingerprint density at radius 3 is 2.50 bits per heavy atom. The fourth-order valence-electron chi connectivity index (χ4n) is 2.02. The Morgan fingerprint density at radius 1 is 1.05 bits per heavy atom. The highest BCUT2D eigenvalue weighted by Crippen LogP contribution is 2.28. The van der Waals surface area contributed by atoms with Crippen molar-refractivity contribution in [3.8, 4) is 11.3 Å². The van der Waals surface area contributed by atoms with Crippen molar-refractivity contribution in [3.05, 3.63) is 66.9 Å². The molecule has 0 aliphatic rings. The van der Waals surface area contributed by atoms with Crippen LogP contribution in [0.5, 0.6) is 0 Å². The van der Waals surface area contributed by atoms with Crippen molar-refractivity contribution in [1.82, 2.24) is 13.9 Å². The Hall–Kier alpha value is -2.61. The first-order valence-electron chi connectivity index (χ1n) is 6.15. The zero-order valence-electron chi connectivity index (χ0n) is 11.0. The van der Waals surface area contributed by atoms with Gasteiger partial charge < -0.3 is 0 Å². The fourth-order valence-corrected chi connectivity index (χ4v) is 3.33. The Kier molecular flexibility index (Phi) is 3.45. The molecule has 0 aliphatic heterocycles. The molecular weight excluding hydrogens is 312 g/mol. The normalized spacial score (nSPS) is 11.5. The lowest BCUT2D eigenvalue weighted by molar-refractivity contribution is 0.576. The molecule has 0 saturated carbocycles. The second-order valence-corrected chi connectivity index (χ2v) is 6.16. The summed E-state index contributed by atoms with van der Waals surface area (Å²) < 4.78 is 53.6. The maximum atomic E-state index is 14.0. The van der Waals surface area contributed by atoms with Crippen molar-refractivity contribution in [2.24, 2.45) is 0 Å². The van der Waals surface area contributed by atoms with Crippen molar-refractivity contribution in [1.29, 1.82) is 0 Å². The number of hydrogen-bond acceptors (Lipinski definition) is 4. The predicted molar refractivity (Wildman–Crippen MR) is 74.4 cm³/mol. The summed E-state index contributed by atoms with van der Waals surface area (Å²) in [5, 5.41) is 0. The van der Waals surface area contributed by atoms with E-state index < -0.39 is 27.5 Å². The van der Waals surface area contributed by atoms with Gasteiger partial charge in [0.15, 0.2) is 0 Å². The SMILES string of the molecule is O=S(=O)(c1cccnc1)n1ccc(F)c1-c1cccnc1F. The second-order valence-electron chi connectivity index (χ2n) is 4.34. The molecule has 112 valence electrons. The van der Waals surface area contributed by atoms with Crippen LogP contribution in [0.4, 0.5) is 8.78 Å². The Bertz CT molecular complexity index is 924. The van der Waals surface area contributed by atoms with E-state index in [-0.39, 0.29) is 10.5 Å². The van der Waals surface area contributed by atoms with Gasteiger partial charge in [-0.25, -0.2) is 21.8 Å². The van der Waals surface area contributed by atoms with Crippen molar-refractivity contribution in [2.45, 2.75) is 4.90 Å². The molecule has 0 fully saturated rings. The molecule has 3 heterocycles. The molecule has 5 nitrogen and oxygen atoms in total. The van der Waals surface area contributed by atoms with Crippen LogP contribution in [0.25, 0.3) is 11.3 Å². The maximum absolute atomic E-state index is 14.0. The molecule has 0 aliphatic carbocycles. The molecule has 0 spiro atoms. The first-order chi connectivity index (χ1) is 10.5. The summed E-state index contributed by atoms with van der Waals surface area (Å²) in [6, 6.07) is 6.37. The van der Waals surface area contributed by atoms with Gasteiger partial charge in [-0.3, -0.25) is 4.98 Å². The Morgan fingerprint density at radius 2 is 1.82 bits per heavy atom. The van der Waals surface area contributed by atoms with Gasteiger partial charge in [0.05, 0.1) is 5.56 Å². The molecule has 0 radical (unpaired) electrons. The molecule has 0 aromatic carbocycles.